The number of anilines is 2. The molecule has 2 aliphatic rings. The van der Waals surface area contributed by atoms with Gasteiger partial charge in [0, 0.05) is 55.5 Å². The van der Waals surface area contributed by atoms with Gasteiger partial charge in [0.25, 0.3) is 5.91 Å². The maximum Gasteiger partial charge on any atom is 0.256 e. The van der Waals surface area contributed by atoms with Gasteiger partial charge in [-0.2, -0.15) is 0 Å². The fraction of sp³-hybridized carbons (Fsp3) is 0.500. The smallest absolute Gasteiger partial charge is 0.256 e. The highest BCUT2D eigenvalue weighted by atomic mass is 35.5. The lowest BCUT2D eigenvalue weighted by atomic mass is 9.87. The number of amides is 1. The van der Waals surface area contributed by atoms with E-state index in [2.05, 4.69) is 55.8 Å². The molecule has 0 saturated carbocycles. The number of piperazine rings is 1. The third-order valence-corrected chi connectivity index (χ3v) is 6.90. The largest absolute Gasteiger partial charge is 0.369 e. The number of hydrogen-bond acceptors (Lipinski definition) is 4. The van der Waals surface area contributed by atoms with Crippen LogP contribution >= 0.6 is 11.6 Å². The van der Waals surface area contributed by atoms with Crippen LogP contribution in [-0.2, 0) is 21.4 Å². The highest BCUT2D eigenvalue weighted by Gasteiger charge is 2.32. The van der Waals surface area contributed by atoms with Crippen LogP contribution in [0.4, 0.5) is 11.4 Å². The molecule has 2 fully saturated rings. The summed E-state index contributed by atoms with van der Waals surface area (Å²) >= 11 is 6.64. The fourth-order valence-corrected chi connectivity index (χ4v) is 4.71. The van der Waals surface area contributed by atoms with Crippen molar-refractivity contribution in [2.24, 2.45) is 0 Å². The third-order valence-electron chi connectivity index (χ3n) is 6.55. The molecular weight excluding hydrogens is 422 g/mol. The van der Waals surface area contributed by atoms with Crippen molar-refractivity contribution in [1.82, 2.24) is 4.90 Å². The number of ether oxygens (including phenoxy) is 1. The number of nitrogens with zero attached hydrogens (tertiary/aromatic N) is 3. The van der Waals surface area contributed by atoms with Gasteiger partial charge in [0.2, 0.25) is 0 Å². The van der Waals surface area contributed by atoms with E-state index in [0.717, 1.165) is 43.1 Å². The molecule has 32 heavy (non-hydrogen) atoms. The molecule has 0 radical (unpaired) electrons. The average molecular weight is 456 g/mol. The second-order valence-corrected chi connectivity index (χ2v) is 10.3. The number of halogens is 1. The van der Waals surface area contributed by atoms with E-state index in [4.69, 9.17) is 16.3 Å². The minimum atomic E-state index is -0.530. The monoisotopic (exact) mass is 455 g/mol. The quantitative estimate of drug-likeness (QED) is 0.686. The Balaban J connectivity index is 1.53. The average Bonchev–Trinajstić information content (AvgIpc) is 2.76. The van der Waals surface area contributed by atoms with Gasteiger partial charge in [0.05, 0.1) is 6.61 Å². The molecule has 1 atom stereocenters. The number of benzene rings is 2. The minimum Gasteiger partial charge on any atom is -0.369 e. The SMILES string of the molecule is CN1CCN(c2cccc(Cl)c2CC2OCCN(c3ccc(C(C)(C)C)cc3)C2=O)CC1. The zero-order chi connectivity index (χ0) is 22.9. The number of likely N-dealkylation sites (N-methyl/N-ethyl adjacent to an activating group) is 1. The van der Waals surface area contributed by atoms with Crippen LogP contribution in [0.15, 0.2) is 42.5 Å². The van der Waals surface area contributed by atoms with E-state index in [1.807, 2.05) is 29.2 Å². The predicted octanol–water partition coefficient (Wildman–Crippen LogP) is 4.36. The summed E-state index contributed by atoms with van der Waals surface area (Å²) in [6, 6.07) is 14.3. The molecule has 0 N–H and O–H groups in total. The number of hydrogen-bond donors (Lipinski definition) is 0. The van der Waals surface area contributed by atoms with Gasteiger partial charge in [-0.3, -0.25) is 4.79 Å². The molecule has 172 valence electrons. The molecule has 2 aromatic rings. The summed E-state index contributed by atoms with van der Waals surface area (Å²) in [4.78, 5) is 19.9. The Bertz CT molecular complexity index is 947. The Hall–Kier alpha value is -2.08. The molecule has 2 aliphatic heterocycles. The van der Waals surface area contributed by atoms with Crippen LogP contribution in [0.25, 0.3) is 0 Å². The molecular formula is C26H34ClN3O2. The van der Waals surface area contributed by atoms with Crippen LogP contribution in [0.3, 0.4) is 0 Å². The lowest BCUT2D eigenvalue weighted by molar-refractivity contribution is -0.133. The zero-order valence-electron chi connectivity index (χ0n) is 19.6. The Morgan fingerprint density at radius 3 is 2.34 bits per heavy atom. The number of carbonyl (C=O) groups is 1. The van der Waals surface area contributed by atoms with Crippen LogP contribution in [-0.4, -0.2) is 63.3 Å². The molecule has 0 bridgehead atoms. The first-order chi connectivity index (χ1) is 15.2. The summed E-state index contributed by atoms with van der Waals surface area (Å²) < 4.78 is 5.96. The predicted molar refractivity (Wildman–Crippen MR) is 132 cm³/mol. The first-order valence-corrected chi connectivity index (χ1v) is 11.9. The lowest BCUT2D eigenvalue weighted by Crippen LogP contribution is -2.49. The zero-order valence-corrected chi connectivity index (χ0v) is 20.4. The first-order valence-electron chi connectivity index (χ1n) is 11.5. The molecule has 1 amide bonds. The molecule has 2 saturated heterocycles. The maximum absolute atomic E-state index is 13.4. The Kier molecular flexibility index (Phi) is 6.80. The van der Waals surface area contributed by atoms with Gasteiger partial charge in [-0.1, -0.05) is 50.6 Å². The van der Waals surface area contributed by atoms with Crippen LogP contribution in [0, 0.1) is 0 Å². The molecule has 0 spiro atoms. The molecule has 4 rings (SSSR count). The van der Waals surface area contributed by atoms with E-state index >= 15 is 0 Å². The van der Waals surface area contributed by atoms with Crippen LogP contribution in [0.5, 0.6) is 0 Å². The summed E-state index contributed by atoms with van der Waals surface area (Å²) in [6.45, 7) is 11.6. The summed E-state index contributed by atoms with van der Waals surface area (Å²) in [5.41, 5.74) is 4.39. The van der Waals surface area contributed by atoms with Crippen molar-refractivity contribution in [2.45, 2.75) is 38.7 Å². The number of morpholine rings is 1. The molecule has 0 aliphatic carbocycles. The van der Waals surface area contributed by atoms with Gasteiger partial charge in [-0.05, 0) is 47.9 Å². The summed E-state index contributed by atoms with van der Waals surface area (Å²) in [6.07, 6.45) is -0.0475. The van der Waals surface area contributed by atoms with Gasteiger partial charge in [0.15, 0.2) is 0 Å². The van der Waals surface area contributed by atoms with Crippen molar-refractivity contribution in [3.63, 3.8) is 0 Å². The summed E-state index contributed by atoms with van der Waals surface area (Å²) in [5, 5.41) is 0.699. The third kappa shape index (κ3) is 4.95. The second kappa shape index (κ2) is 9.42. The molecule has 0 aromatic heterocycles. The molecule has 6 heteroatoms. The fourth-order valence-electron chi connectivity index (χ4n) is 4.46. The van der Waals surface area contributed by atoms with Crippen LogP contribution < -0.4 is 9.80 Å². The second-order valence-electron chi connectivity index (χ2n) is 9.88. The van der Waals surface area contributed by atoms with Gasteiger partial charge < -0.3 is 19.4 Å². The number of carbonyl (C=O) groups excluding carboxylic acids is 1. The molecule has 1 unspecified atom stereocenters. The van der Waals surface area contributed by atoms with Crippen LogP contribution in [0.2, 0.25) is 5.02 Å². The minimum absolute atomic E-state index is 0.00371. The first kappa shape index (κ1) is 23.1. The Morgan fingerprint density at radius 2 is 1.69 bits per heavy atom. The van der Waals surface area contributed by atoms with Crippen molar-refractivity contribution in [3.8, 4) is 0 Å². The normalized spacial score (nSPS) is 20.7. The van der Waals surface area contributed by atoms with Gasteiger partial charge in [0.1, 0.15) is 6.10 Å². The number of rotatable bonds is 4. The van der Waals surface area contributed by atoms with Gasteiger partial charge in [-0.25, -0.2) is 0 Å². The molecule has 2 heterocycles. The van der Waals surface area contributed by atoms with E-state index in [9.17, 15) is 4.79 Å². The topological polar surface area (TPSA) is 36.0 Å². The summed E-state index contributed by atoms with van der Waals surface area (Å²) in [5.74, 6) is 0.00371. The van der Waals surface area contributed by atoms with Crippen LogP contribution in [0.1, 0.15) is 31.9 Å². The van der Waals surface area contributed by atoms with E-state index in [-0.39, 0.29) is 11.3 Å². The lowest BCUT2D eigenvalue weighted by Gasteiger charge is -2.37. The maximum atomic E-state index is 13.4. The standard InChI is InChI=1S/C26H34ClN3O2/c1-26(2,3)19-8-10-20(11-9-19)30-16-17-32-24(25(30)31)18-21-22(27)6-5-7-23(21)29-14-12-28(4)13-15-29/h5-11,24H,12-18H2,1-4H3. The van der Waals surface area contributed by atoms with Crippen molar-refractivity contribution >= 4 is 28.9 Å². The van der Waals surface area contributed by atoms with E-state index < -0.39 is 6.10 Å². The Labute approximate surface area is 196 Å². The van der Waals surface area contributed by atoms with Crippen molar-refractivity contribution in [2.75, 3.05) is 56.2 Å². The summed E-state index contributed by atoms with van der Waals surface area (Å²) in [7, 11) is 2.15. The van der Waals surface area contributed by atoms with Crippen molar-refractivity contribution in [1.29, 1.82) is 0 Å². The molecule has 5 nitrogen and oxygen atoms in total. The van der Waals surface area contributed by atoms with E-state index in [1.165, 1.54) is 5.56 Å². The van der Waals surface area contributed by atoms with Crippen molar-refractivity contribution in [3.05, 3.63) is 58.6 Å². The Morgan fingerprint density at radius 1 is 1.00 bits per heavy atom. The van der Waals surface area contributed by atoms with E-state index in [0.29, 0.717) is 24.6 Å². The highest BCUT2D eigenvalue weighted by Crippen LogP contribution is 2.32. The van der Waals surface area contributed by atoms with Gasteiger partial charge in [-0.15, -0.1) is 0 Å². The highest BCUT2D eigenvalue weighted by molar-refractivity contribution is 6.31. The van der Waals surface area contributed by atoms with Crippen molar-refractivity contribution < 1.29 is 9.53 Å². The van der Waals surface area contributed by atoms with Gasteiger partial charge >= 0.3 is 0 Å². The molecule has 2 aromatic carbocycles. The van der Waals surface area contributed by atoms with E-state index in [1.54, 1.807) is 0 Å².